The highest BCUT2D eigenvalue weighted by Crippen LogP contribution is 2.33. The molecule has 3 rings (SSSR count). The number of nitrogens with zero attached hydrogens (tertiary/aromatic N) is 3. The molecule has 1 aromatic heterocycles. The maximum atomic E-state index is 11.8. The van der Waals surface area contributed by atoms with Crippen LogP contribution in [-0.2, 0) is 30.8 Å². The van der Waals surface area contributed by atoms with E-state index >= 15 is 0 Å². The number of hydrogen-bond acceptors (Lipinski definition) is 6. The summed E-state index contributed by atoms with van der Waals surface area (Å²) >= 11 is 0. The van der Waals surface area contributed by atoms with Crippen LogP contribution in [0.25, 0.3) is 0 Å². The number of ether oxygens (including phenoxy) is 2. The van der Waals surface area contributed by atoms with E-state index in [0.29, 0.717) is 19.8 Å². The second kappa shape index (κ2) is 9.87. The summed E-state index contributed by atoms with van der Waals surface area (Å²) in [6.45, 7) is 2.35. The number of carbonyl (C=O) groups is 1. The van der Waals surface area contributed by atoms with Crippen molar-refractivity contribution in [1.82, 2.24) is 14.1 Å². The summed E-state index contributed by atoms with van der Waals surface area (Å²) < 4.78 is 70.6. The lowest BCUT2D eigenvalue weighted by molar-refractivity contribution is -0.192. The Bertz CT molecular complexity index is 756. The second-order valence-corrected chi connectivity index (χ2v) is 8.62. The molecule has 0 amide bonds. The zero-order valence-electron chi connectivity index (χ0n) is 15.8. The van der Waals surface area contributed by atoms with Gasteiger partial charge in [-0.15, -0.1) is 0 Å². The number of fused-ring (bicyclic) bond motifs is 1. The van der Waals surface area contributed by atoms with Crippen LogP contribution in [-0.4, -0.2) is 84.0 Å². The molecule has 0 spiro atoms. The number of aliphatic carboxylic acids is 1. The highest BCUT2D eigenvalue weighted by atomic mass is 32.2. The monoisotopic (exact) mass is 443 g/mol. The molecule has 13 heteroatoms. The first kappa shape index (κ1) is 23.6. The molecule has 1 aromatic rings. The van der Waals surface area contributed by atoms with Crippen molar-refractivity contribution in [2.75, 3.05) is 26.0 Å². The maximum Gasteiger partial charge on any atom is 0.490 e. The van der Waals surface area contributed by atoms with E-state index in [1.165, 1.54) is 6.26 Å². The number of carboxylic acids is 1. The van der Waals surface area contributed by atoms with Gasteiger partial charge in [0.05, 0.1) is 25.0 Å². The first-order valence-corrected chi connectivity index (χ1v) is 10.8. The molecule has 9 nitrogen and oxygen atoms in total. The molecule has 3 atom stereocenters. The van der Waals surface area contributed by atoms with Crippen molar-refractivity contribution in [3.63, 3.8) is 0 Å². The van der Waals surface area contributed by atoms with Gasteiger partial charge in [-0.2, -0.15) is 22.6 Å². The van der Waals surface area contributed by atoms with Gasteiger partial charge in [0, 0.05) is 32.1 Å². The minimum Gasteiger partial charge on any atom is -0.475 e. The Labute approximate surface area is 166 Å². The van der Waals surface area contributed by atoms with Gasteiger partial charge in [0.2, 0.25) is 10.0 Å². The fraction of sp³-hybridized carbons (Fsp3) is 0.750. The van der Waals surface area contributed by atoms with Gasteiger partial charge in [-0.25, -0.2) is 13.2 Å². The topological polar surface area (TPSA) is 111 Å². The van der Waals surface area contributed by atoms with Crippen LogP contribution in [0.2, 0.25) is 0 Å². The van der Waals surface area contributed by atoms with Crippen molar-refractivity contribution < 1.29 is 41.0 Å². The van der Waals surface area contributed by atoms with Gasteiger partial charge >= 0.3 is 12.1 Å². The average molecular weight is 443 g/mol. The smallest absolute Gasteiger partial charge is 0.475 e. The first-order chi connectivity index (χ1) is 13.5. The Morgan fingerprint density at radius 2 is 2.07 bits per heavy atom. The van der Waals surface area contributed by atoms with Crippen LogP contribution in [0.4, 0.5) is 13.2 Å². The van der Waals surface area contributed by atoms with Gasteiger partial charge in [0.25, 0.3) is 0 Å². The Morgan fingerprint density at radius 1 is 1.38 bits per heavy atom. The van der Waals surface area contributed by atoms with Crippen molar-refractivity contribution in [3.05, 3.63) is 18.5 Å². The predicted molar refractivity (Wildman–Crippen MR) is 94.6 cm³/mol. The van der Waals surface area contributed by atoms with Crippen LogP contribution in [0.1, 0.15) is 19.3 Å². The number of sulfonamides is 1. The van der Waals surface area contributed by atoms with Crippen LogP contribution in [0.5, 0.6) is 0 Å². The van der Waals surface area contributed by atoms with Crippen LogP contribution in [0.15, 0.2) is 18.5 Å². The standard InChI is InChI=1S/C14H23N3O4S.C2HF3O2/c1-22(18,19)17-9-11-21-14-12(17)4-5-13(14)20-10-3-8-16-7-2-6-15-16;3-2(4,5)1(6)7/h2,6-7,12-14H,3-5,8-11H2,1H3;(H,6,7)/t12-,13+,14+;/m0./s1. The summed E-state index contributed by atoms with van der Waals surface area (Å²) in [5, 5.41) is 11.3. The molecular formula is C16H24F3N3O6S. The minimum atomic E-state index is -5.08. The van der Waals surface area contributed by atoms with Crippen molar-refractivity contribution in [2.45, 2.75) is 50.2 Å². The van der Waals surface area contributed by atoms with Crippen molar-refractivity contribution in [2.24, 2.45) is 0 Å². The molecule has 1 N–H and O–H groups in total. The highest BCUT2D eigenvalue weighted by molar-refractivity contribution is 7.88. The molecule has 1 aliphatic carbocycles. The number of morpholine rings is 1. The van der Waals surface area contributed by atoms with Gasteiger partial charge in [0.1, 0.15) is 6.10 Å². The molecule has 0 bridgehead atoms. The number of carboxylic acid groups (broad SMARTS) is 1. The van der Waals surface area contributed by atoms with Gasteiger partial charge in [-0.1, -0.05) is 0 Å². The highest BCUT2D eigenvalue weighted by Gasteiger charge is 2.46. The molecule has 2 heterocycles. The van der Waals surface area contributed by atoms with E-state index in [4.69, 9.17) is 19.4 Å². The first-order valence-electron chi connectivity index (χ1n) is 8.97. The Balaban J connectivity index is 0.000000370. The van der Waals surface area contributed by atoms with E-state index in [-0.39, 0.29) is 18.2 Å². The van der Waals surface area contributed by atoms with E-state index in [2.05, 4.69) is 5.10 Å². The molecule has 1 aliphatic heterocycles. The van der Waals surface area contributed by atoms with Crippen molar-refractivity contribution >= 4 is 16.0 Å². The second-order valence-electron chi connectivity index (χ2n) is 6.69. The predicted octanol–water partition coefficient (Wildman–Crippen LogP) is 1.11. The number of alkyl halides is 3. The average Bonchev–Trinajstić information content (AvgIpc) is 3.27. The molecular weight excluding hydrogens is 419 g/mol. The van der Waals surface area contributed by atoms with E-state index < -0.39 is 22.2 Å². The number of aryl methyl sites for hydroxylation is 1. The Hall–Kier alpha value is -1.70. The molecule has 0 radical (unpaired) electrons. The van der Waals surface area contributed by atoms with Crippen LogP contribution < -0.4 is 0 Å². The van der Waals surface area contributed by atoms with Gasteiger partial charge < -0.3 is 14.6 Å². The molecule has 0 unspecified atom stereocenters. The summed E-state index contributed by atoms with van der Waals surface area (Å²) in [6, 6.07) is 1.83. The number of rotatable bonds is 6. The zero-order valence-corrected chi connectivity index (χ0v) is 16.6. The number of hydrogen-bond donors (Lipinski definition) is 1. The molecule has 166 valence electrons. The van der Waals surface area contributed by atoms with Crippen molar-refractivity contribution in [3.8, 4) is 0 Å². The molecule has 29 heavy (non-hydrogen) atoms. The third kappa shape index (κ3) is 6.94. The molecule has 2 fully saturated rings. The van der Waals surface area contributed by atoms with Crippen LogP contribution in [0, 0.1) is 0 Å². The summed E-state index contributed by atoms with van der Waals surface area (Å²) in [4.78, 5) is 8.90. The summed E-state index contributed by atoms with van der Waals surface area (Å²) in [6.07, 6.45) is 2.28. The van der Waals surface area contributed by atoms with Gasteiger partial charge in [0.15, 0.2) is 0 Å². The van der Waals surface area contributed by atoms with Crippen LogP contribution >= 0.6 is 0 Å². The maximum absolute atomic E-state index is 11.8. The van der Waals surface area contributed by atoms with Crippen LogP contribution in [0.3, 0.4) is 0 Å². The third-order valence-electron chi connectivity index (χ3n) is 4.58. The Kier molecular flexibility index (Phi) is 8.02. The summed E-state index contributed by atoms with van der Waals surface area (Å²) in [5.41, 5.74) is 0. The SMILES string of the molecule is CS(=O)(=O)N1CCO[C@H]2[C@H](OCCCn3cccn3)CC[C@@H]21.O=C(O)C(F)(F)F. The number of aromatic nitrogens is 2. The zero-order chi connectivity index (χ0) is 21.7. The van der Waals surface area contributed by atoms with E-state index in [9.17, 15) is 21.6 Å². The fourth-order valence-corrected chi connectivity index (χ4v) is 4.49. The largest absolute Gasteiger partial charge is 0.490 e. The molecule has 0 aromatic carbocycles. The fourth-order valence-electron chi connectivity index (χ4n) is 3.37. The minimum absolute atomic E-state index is 0.00725. The van der Waals surface area contributed by atoms with E-state index in [1.54, 1.807) is 10.5 Å². The Morgan fingerprint density at radius 3 is 2.62 bits per heavy atom. The number of halogens is 3. The quantitative estimate of drug-likeness (QED) is 0.656. The van der Waals surface area contributed by atoms with E-state index in [1.807, 2.05) is 16.9 Å². The van der Waals surface area contributed by atoms with Crippen molar-refractivity contribution in [1.29, 1.82) is 0 Å². The summed E-state index contributed by atoms with van der Waals surface area (Å²) in [5.74, 6) is -2.76. The lowest BCUT2D eigenvalue weighted by atomic mass is 10.1. The molecule has 2 aliphatic rings. The lowest BCUT2D eigenvalue weighted by Crippen LogP contribution is -2.53. The van der Waals surface area contributed by atoms with Gasteiger partial charge in [-0.3, -0.25) is 4.68 Å². The van der Waals surface area contributed by atoms with Gasteiger partial charge in [-0.05, 0) is 25.3 Å². The normalized spacial score (nSPS) is 25.2. The molecule has 1 saturated heterocycles. The third-order valence-corrected chi connectivity index (χ3v) is 5.88. The van der Waals surface area contributed by atoms with E-state index in [0.717, 1.165) is 25.8 Å². The summed E-state index contributed by atoms with van der Waals surface area (Å²) in [7, 11) is -3.17. The lowest BCUT2D eigenvalue weighted by Gasteiger charge is -2.37. The molecule has 1 saturated carbocycles.